The molecule has 0 radical (unpaired) electrons. The Labute approximate surface area is 171 Å². The van der Waals surface area contributed by atoms with Crippen LogP contribution in [0.3, 0.4) is 0 Å². The summed E-state index contributed by atoms with van der Waals surface area (Å²) in [5, 5.41) is 2.87. The molecule has 3 heterocycles. The monoisotopic (exact) mass is 386 g/mol. The van der Waals surface area contributed by atoms with Crippen molar-refractivity contribution in [3.8, 4) is 11.3 Å². The Kier molecular flexibility index (Phi) is 5.96. The second-order valence-electron chi connectivity index (χ2n) is 7.65. The number of piperidine rings is 1. The number of carbonyl (C=O) groups is 1. The lowest BCUT2D eigenvalue weighted by atomic mass is 9.93. The Morgan fingerprint density at radius 3 is 2.86 bits per heavy atom. The normalized spacial score (nSPS) is 17.1. The lowest BCUT2D eigenvalue weighted by Gasteiger charge is -2.32. The van der Waals surface area contributed by atoms with Gasteiger partial charge in [-0.15, -0.1) is 0 Å². The van der Waals surface area contributed by atoms with Crippen LogP contribution in [0.5, 0.6) is 0 Å². The number of hydrogen-bond acceptors (Lipinski definition) is 4. The van der Waals surface area contributed by atoms with E-state index >= 15 is 0 Å². The van der Waals surface area contributed by atoms with Crippen LogP contribution in [-0.2, 0) is 4.79 Å². The number of hydrogen-bond donors (Lipinski definition) is 1. The average Bonchev–Trinajstić information content (AvgIpc) is 2.75. The van der Waals surface area contributed by atoms with Crippen molar-refractivity contribution in [3.05, 3.63) is 78.1 Å². The van der Waals surface area contributed by atoms with E-state index in [0.717, 1.165) is 42.9 Å². The van der Waals surface area contributed by atoms with Crippen molar-refractivity contribution in [1.29, 1.82) is 0 Å². The second-order valence-corrected chi connectivity index (χ2v) is 7.65. The minimum Gasteiger partial charge on any atom is -0.310 e. The fourth-order valence-corrected chi connectivity index (χ4v) is 3.91. The van der Waals surface area contributed by atoms with Crippen LogP contribution >= 0.6 is 0 Å². The summed E-state index contributed by atoms with van der Waals surface area (Å²) in [6.45, 7) is 4.26. The molecule has 5 heteroatoms. The number of likely N-dealkylation sites (tertiary alicyclic amines) is 1. The van der Waals surface area contributed by atoms with Crippen molar-refractivity contribution < 1.29 is 4.79 Å². The number of carbonyl (C=O) groups excluding carboxylic acids is 1. The van der Waals surface area contributed by atoms with Gasteiger partial charge in [0.15, 0.2) is 0 Å². The number of benzene rings is 1. The molecule has 0 saturated carbocycles. The van der Waals surface area contributed by atoms with Gasteiger partial charge in [0.2, 0.25) is 5.91 Å². The highest BCUT2D eigenvalue weighted by atomic mass is 16.2. The van der Waals surface area contributed by atoms with Crippen LogP contribution in [0.15, 0.2) is 66.9 Å². The van der Waals surface area contributed by atoms with Crippen LogP contribution in [0.1, 0.15) is 30.0 Å². The van der Waals surface area contributed by atoms with Crippen molar-refractivity contribution in [2.75, 3.05) is 25.0 Å². The number of pyridine rings is 2. The summed E-state index contributed by atoms with van der Waals surface area (Å²) < 4.78 is 0. The Bertz CT molecular complexity index is 973. The zero-order chi connectivity index (χ0) is 20.1. The van der Waals surface area contributed by atoms with Gasteiger partial charge >= 0.3 is 0 Å². The molecule has 1 aliphatic rings. The van der Waals surface area contributed by atoms with Gasteiger partial charge in [-0.3, -0.25) is 14.7 Å². The van der Waals surface area contributed by atoms with Crippen molar-refractivity contribution >= 4 is 11.7 Å². The molecule has 1 fully saturated rings. The van der Waals surface area contributed by atoms with Gasteiger partial charge in [-0.05, 0) is 56.6 Å². The Balaban J connectivity index is 1.42. The van der Waals surface area contributed by atoms with Gasteiger partial charge in [0, 0.05) is 29.9 Å². The molecule has 1 aliphatic heterocycles. The summed E-state index contributed by atoms with van der Waals surface area (Å²) in [6, 6.07) is 20.2. The van der Waals surface area contributed by atoms with Crippen molar-refractivity contribution in [2.24, 2.45) is 0 Å². The molecule has 2 aromatic heterocycles. The van der Waals surface area contributed by atoms with Crippen molar-refractivity contribution in [2.45, 2.75) is 25.7 Å². The summed E-state index contributed by atoms with van der Waals surface area (Å²) in [5.41, 5.74) is 4.50. The standard InChI is InChI=1S/C24H26N4O/c1-18-7-4-8-19(15-18)21-10-5-11-22(26-21)20-9-6-14-28(16-20)17-24(29)27-23-12-2-3-13-25-23/h2-5,7-8,10-13,15,20H,6,9,14,16-17H2,1H3,(H,25,27,29). The number of aromatic nitrogens is 2. The quantitative estimate of drug-likeness (QED) is 0.711. The predicted octanol–water partition coefficient (Wildman–Crippen LogP) is 4.27. The van der Waals surface area contributed by atoms with Gasteiger partial charge in [-0.25, -0.2) is 4.98 Å². The minimum absolute atomic E-state index is 0.0224. The number of rotatable bonds is 5. The first kappa shape index (κ1) is 19.3. The third-order valence-electron chi connectivity index (χ3n) is 5.31. The summed E-state index contributed by atoms with van der Waals surface area (Å²) >= 11 is 0. The molecule has 5 nitrogen and oxygen atoms in total. The van der Waals surface area contributed by atoms with Crippen LogP contribution in [-0.4, -0.2) is 40.4 Å². The van der Waals surface area contributed by atoms with Crippen LogP contribution in [0.4, 0.5) is 5.82 Å². The van der Waals surface area contributed by atoms with Crippen LogP contribution in [0, 0.1) is 6.92 Å². The summed E-state index contributed by atoms with van der Waals surface area (Å²) in [6.07, 6.45) is 3.85. The van der Waals surface area contributed by atoms with E-state index in [0.29, 0.717) is 18.3 Å². The van der Waals surface area contributed by atoms with E-state index in [1.54, 1.807) is 12.3 Å². The van der Waals surface area contributed by atoms with Crippen molar-refractivity contribution in [3.63, 3.8) is 0 Å². The van der Waals surface area contributed by atoms with Gasteiger partial charge in [0.1, 0.15) is 5.82 Å². The van der Waals surface area contributed by atoms with Gasteiger partial charge < -0.3 is 5.32 Å². The van der Waals surface area contributed by atoms with Gasteiger partial charge in [-0.2, -0.15) is 0 Å². The van der Waals surface area contributed by atoms with Crippen LogP contribution in [0.2, 0.25) is 0 Å². The largest absolute Gasteiger partial charge is 0.310 e. The zero-order valence-corrected chi connectivity index (χ0v) is 16.7. The highest BCUT2D eigenvalue weighted by molar-refractivity contribution is 5.91. The van der Waals surface area contributed by atoms with Gasteiger partial charge in [-0.1, -0.05) is 35.9 Å². The SMILES string of the molecule is Cc1cccc(-c2cccc(C3CCCN(CC(=O)Nc4ccccn4)C3)n2)c1. The van der Waals surface area contributed by atoms with E-state index in [1.165, 1.54) is 5.56 Å². The fraction of sp³-hybridized carbons (Fsp3) is 0.292. The average molecular weight is 386 g/mol. The minimum atomic E-state index is -0.0224. The molecule has 1 amide bonds. The van der Waals surface area contributed by atoms with E-state index in [4.69, 9.17) is 4.98 Å². The maximum absolute atomic E-state index is 12.4. The molecule has 1 N–H and O–H groups in total. The highest BCUT2D eigenvalue weighted by Crippen LogP contribution is 2.27. The fourth-order valence-electron chi connectivity index (χ4n) is 3.91. The third-order valence-corrected chi connectivity index (χ3v) is 5.31. The highest BCUT2D eigenvalue weighted by Gasteiger charge is 2.24. The summed E-state index contributed by atoms with van der Waals surface area (Å²) in [7, 11) is 0. The Morgan fingerprint density at radius 2 is 2.03 bits per heavy atom. The number of aryl methyl sites for hydroxylation is 1. The molecule has 0 spiro atoms. The van der Waals surface area contributed by atoms with E-state index < -0.39 is 0 Å². The summed E-state index contributed by atoms with van der Waals surface area (Å²) in [4.78, 5) is 23.7. The van der Waals surface area contributed by atoms with E-state index in [1.807, 2.05) is 12.1 Å². The molecule has 1 atom stereocenters. The van der Waals surface area contributed by atoms with E-state index in [2.05, 4.69) is 64.6 Å². The predicted molar refractivity (Wildman–Crippen MR) is 116 cm³/mol. The molecule has 148 valence electrons. The van der Waals surface area contributed by atoms with Gasteiger partial charge in [0.25, 0.3) is 0 Å². The molecule has 0 bridgehead atoms. The lowest BCUT2D eigenvalue weighted by molar-refractivity contribution is -0.117. The lowest BCUT2D eigenvalue weighted by Crippen LogP contribution is -2.40. The van der Waals surface area contributed by atoms with Crippen LogP contribution < -0.4 is 5.32 Å². The first-order valence-corrected chi connectivity index (χ1v) is 10.1. The maximum atomic E-state index is 12.4. The smallest absolute Gasteiger partial charge is 0.239 e. The third kappa shape index (κ3) is 5.06. The first-order chi connectivity index (χ1) is 14.2. The molecular formula is C24H26N4O. The zero-order valence-electron chi connectivity index (χ0n) is 16.7. The number of nitrogens with one attached hydrogen (secondary N) is 1. The number of amides is 1. The number of nitrogens with zero attached hydrogens (tertiary/aromatic N) is 3. The Morgan fingerprint density at radius 1 is 1.14 bits per heavy atom. The molecule has 0 aliphatic carbocycles. The van der Waals surface area contributed by atoms with E-state index in [9.17, 15) is 4.79 Å². The molecule has 1 saturated heterocycles. The molecule has 29 heavy (non-hydrogen) atoms. The molecule has 4 rings (SSSR count). The maximum Gasteiger partial charge on any atom is 0.239 e. The molecular weight excluding hydrogens is 360 g/mol. The van der Waals surface area contributed by atoms with E-state index in [-0.39, 0.29) is 5.91 Å². The molecule has 1 aromatic carbocycles. The topological polar surface area (TPSA) is 58.1 Å². The second kappa shape index (κ2) is 8.97. The molecule has 1 unspecified atom stereocenters. The first-order valence-electron chi connectivity index (χ1n) is 10.1. The summed E-state index contributed by atoms with van der Waals surface area (Å²) in [5.74, 6) is 0.917. The number of anilines is 1. The van der Waals surface area contributed by atoms with Crippen molar-refractivity contribution in [1.82, 2.24) is 14.9 Å². The van der Waals surface area contributed by atoms with Gasteiger partial charge in [0.05, 0.1) is 12.2 Å². The van der Waals surface area contributed by atoms with Crippen LogP contribution in [0.25, 0.3) is 11.3 Å². The molecule has 3 aromatic rings. The Hall–Kier alpha value is -3.05.